The highest BCUT2D eigenvalue weighted by Crippen LogP contribution is 2.28. The van der Waals surface area contributed by atoms with Crippen molar-refractivity contribution in [3.05, 3.63) is 53.6 Å². The van der Waals surface area contributed by atoms with Crippen LogP contribution in [0.25, 0.3) is 0 Å². The summed E-state index contributed by atoms with van der Waals surface area (Å²) in [5, 5.41) is 13.0. The Morgan fingerprint density at radius 3 is 2.57 bits per heavy atom. The van der Waals surface area contributed by atoms with Crippen molar-refractivity contribution >= 4 is 21.6 Å². The Hall–Kier alpha value is -2.42. The molecule has 8 heteroatoms. The maximum Gasteiger partial charge on any atom is 0.240 e. The SMILES string of the molecule is CC(C)C(=O)Nc1ccc(S(=O)(=O)NCC(O)c2ccc3c(c2)CCO3)cc1. The number of carbonyl (C=O) groups is 1. The zero-order valence-electron chi connectivity index (χ0n) is 15.8. The van der Waals surface area contributed by atoms with E-state index in [0.29, 0.717) is 17.9 Å². The van der Waals surface area contributed by atoms with E-state index < -0.39 is 16.1 Å². The molecule has 0 fully saturated rings. The minimum Gasteiger partial charge on any atom is -0.493 e. The third-order valence-corrected chi connectivity index (χ3v) is 5.96. The number of carbonyl (C=O) groups excluding carboxylic acids is 1. The molecule has 150 valence electrons. The summed E-state index contributed by atoms with van der Waals surface area (Å²) in [6, 6.07) is 11.3. The van der Waals surface area contributed by atoms with Gasteiger partial charge >= 0.3 is 0 Å². The van der Waals surface area contributed by atoms with Gasteiger partial charge in [0.25, 0.3) is 0 Å². The summed E-state index contributed by atoms with van der Waals surface area (Å²) >= 11 is 0. The Kier molecular flexibility index (Phi) is 6.02. The first kappa shape index (κ1) is 20.3. The fourth-order valence-corrected chi connectivity index (χ4v) is 3.85. The number of fused-ring (bicyclic) bond motifs is 1. The zero-order valence-corrected chi connectivity index (χ0v) is 16.6. The maximum absolute atomic E-state index is 12.5. The molecule has 0 aliphatic carbocycles. The minimum atomic E-state index is -3.78. The van der Waals surface area contributed by atoms with E-state index in [1.54, 1.807) is 26.0 Å². The van der Waals surface area contributed by atoms with Gasteiger partial charge in [-0.25, -0.2) is 13.1 Å². The van der Waals surface area contributed by atoms with E-state index in [4.69, 9.17) is 4.74 Å². The summed E-state index contributed by atoms with van der Waals surface area (Å²) in [6.45, 7) is 4.03. The Morgan fingerprint density at radius 1 is 1.18 bits per heavy atom. The lowest BCUT2D eigenvalue weighted by atomic mass is 10.0. The van der Waals surface area contributed by atoms with Gasteiger partial charge in [0.15, 0.2) is 0 Å². The van der Waals surface area contributed by atoms with Crippen molar-refractivity contribution in [2.24, 2.45) is 5.92 Å². The van der Waals surface area contributed by atoms with E-state index in [2.05, 4.69) is 10.0 Å². The fraction of sp³-hybridized carbons (Fsp3) is 0.350. The van der Waals surface area contributed by atoms with Crippen LogP contribution in [0.2, 0.25) is 0 Å². The predicted molar refractivity (Wildman–Crippen MR) is 106 cm³/mol. The van der Waals surface area contributed by atoms with Crippen LogP contribution in [-0.4, -0.2) is 32.6 Å². The van der Waals surface area contributed by atoms with Crippen molar-refractivity contribution in [1.82, 2.24) is 4.72 Å². The molecule has 28 heavy (non-hydrogen) atoms. The number of hydrogen-bond donors (Lipinski definition) is 3. The lowest BCUT2D eigenvalue weighted by Gasteiger charge is -2.14. The highest BCUT2D eigenvalue weighted by Gasteiger charge is 2.19. The van der Waals surface area contributed by atoms with Gasteiger partial charge in [-0.05, 0) is 47.5 Å². The monoisotopic (exact) mass is 404 g/mol. The van der Waals surface area contributed by atoms with Gasteiger partial charge in [-0.3, -0.25) is 4.79 Å². The molecule has 1 aliphatic heterocycles. The van der Waals surface area contributed by atoms with Crippen LogP contribution < -0.4 is 14.8 Å². The van der Waals surface area contributed by atoms with Crippen molar-refractivity contribution in [2.45, 2.75) is 31.3 Å². The van der Waals surface area contributed by atoms with Crippen molar-refractivity contribution in [3.63, 3.8) is 0 Å². The molecule has 2 aromatic rings. The number of nitrogens with one attached hydrogen (secondary N) is 2. The van der Waals surface area contributed by atoms with Gasteiger partial charge in [0.1, 0.15) is 5.75 Å². The van der Waals surface area contributed by atoms with Gasteiger partial charge in [-0.1, -0.05) is 19.9 Å². The number of aliphatic hydroxyl groups is 1. The second kappa shape index (κ2) is 8.30. The summed E-state index contributed by atoms with van der Waals surface area (Å²) in [7, 11) is -3.78. The highest BCUT2D eigenvalue weighted by atomic mass is 32.2. The average Bonchev–Trinajstić information content (AvgIpc) is 3.14. The van der Waals surface area contributed by atoms with Crippen molar-refractivity contribution in [2.75, 3.05) is 18.5 Å². The summed E-state index contributed by atoms with van der Waals surface area (Å²) in [6.07, 6.45) is -0.188. The number of benzene rings is 2. The van der Waals surface area contributed by atoms with Crippen LogP contribution >= 0.6 is 0 Å². The lowest BCUT2D eigenvalue weighted by molar-refractivity contribution is -0.118. The van der Waals surface area contributed by atoms with Crippen LogP contribution in [0.15, 0.2) is 47.4 Å². The molecular weight excluding hydrogens is 380 g/mol. The molecule has 0 radical (unpaired) electrons. The summed E-state index contributed by atoms with van der Waals surface area (Å²) in [4.78, 5) is 11.8. The number of sulfonamides is 1. The molecule has 2 aromatic carbocycles. The van der Waals surface area contributed by atoms with E-state index in [0.717, 1.165) is 17.7 Å². The van der Waals surface area contributed by atoms with Crippen molar-refractivity contribution < 1.29 is 23.1 Å². The standard InChI is InChI=1S/C20H24N2O5S/c1-13(2)20(24)22-16-4-6-17(7-5-16)28(25,26)21-12-18(23)14-3-8-19-15(11-14)9-10-27-19/h3-8,11,13,18,21,23H,9-10,12H2,1-2H3,(H,22,24). The zero-order chi connectivity index (χ0) is 20.3. The lowest BCUT2D eigenvalue weighted by Crippen LogP contribution is -2.28. The van der Waals surface area contributed by atoms with E-state index >= 15 is 0 Å². The molecule has 3 N–H and O–H groups in total. The average molecular weight is 404 g/mol. The van der Waals surface area contributed by atoms with Crippen LogP contribution in [0.4, 0.5) is 5.69 Å². The molecule has 1 unspecified atom stereocenters. The first-order chi connectivity index (χ1) is 13.3. The summed E-state index contributed by atoms with van der Waals surface area (Å²) in [5.41, 5.74) is 2.18. The van der Waals surface area contributed by atoms with Gasteiger partial charge in [-0.2, -0.15) is 0 Å². The van der Waals surface area contributed by atoms with E-state index in [-0.39, 0.29) is 23.3 Å². The van der Waals surface area contributed by atoms with Crippen molar-refractivity contribution in [1.29, 1.82) is 0 Å². The van der Waals surface area contributed by atoms with Gasteiger partial charge in [0, 0.05) is 24.6 Å². The van der Waals surface area contributed by atoms with Crippen LogP contribution in [0.1, 0.15) is 31.1 Å². The molecule has 0 saturated heterocycles. The second-order valence-electron chi connectivity index (χ2n) is 7.00. The Morgan fingerprint density at radius 2 is 1.89 bits per heavy atom. The molecular formula is C20H24N2O5S. The summed E-state index contributed by atoms with van der Waals surface area (Å²) in [5.74, 6) is 0.495. The molecule has 1 amide bonds. The summed E-state index contributed by atoms with van der Waals surface area (Å²) < 4.78 is 32.8. The minimum absolute atomic E-state index is 0.0598. The molecule has 3 rings (SSSR count). The highest BCUT2D eigenvalue weighted by molar-refractivity contribution is 7.89. The van der Waals surface area contributed by atoms with Gasteiger partial charge in [0.05, 0.1) is 17.6 Å². The number of amides is 1. The van der Waals surface area contributed by atoms with Crippen LogP contribution in [-0.2, 0) is 21.2 Å². The molecule has 1 atom stereocenters. The van der Waals surface area contributed by atoms with E-state index in [9.17, 15) is 18.3 Å². The smallest absolute Gasteiger partial charge is 0.240 e. The molecule has 0 bridgehead atoms. The number of rotatable bonds is 7. The number of aliphatic hydroxyl groups excluding tert-OH is 1. The quantitative estimate of drug-likeness (QED) is 0.656. The van der Waals surface area contributed by atoms with E-state index in [1.165, 1.54) is 24.3 Å². The topological polar surface area (TPSA) is 105 Å². The predicted octanol–water partition coefficient (Wildman–Crippen LogP) is 2.23. The first-order valence-electron chi connectivity index (χ1n) is 9.10. The van der Waals surface area contributed by atoms with Crippen LogP contribution in [0, 0.1) is 5.92 Å². The van der Waals surface area contributed by atoms with Crippen LogP contribution in [0.5, 0.6) is 5.75 Å². The molecule has 0 aromatic heterocycles. The molecule has 1 aliphatic rings. The van der Waals surface area contributed by atoms with Crippen molar-refractivity contribution in [3.8, 4) is 5.75 Å². The molecule has 7 nitrogen and oxygen atoms in total. The second-order valence-corrected chi connectivity index (χ2v) is 8.77. The van der Waals surface area contributed by atoms with Gasteiger partial charge < -0.3 is 15.2 Å². The van der Waals surface area contributed by atoms with E-state index in [1.807, 2.05) is 6.07 Å². The third-order valence-electron chi connectivity index (χ3n) is 4.52. The molecule has 0 saturated carbocycles. The van der Waals surface area contributed by atoms with Crippen LogP contribution in [0.3, 0.4) is 0 Å². The first-order valence-corrected chi connectivity index (χ1v) is 10.6. The third kappa shape index (κ3) is 4.70. The number of ether oxygens (including phenoxy) is 1. The Balaban J connectivity index is 1.62. The Bertz CT molecular complexity index is 955. The fourth-order valence-electron chi connectivity index (χ4n) is 2.81. The van der Waals surface area contributed by atoms with Gasteiger partial charge in [0.2, 0.25) is 15.9 Å². The number of anilines is 1. The number of hydrogen-bond acceptors (Lipinski definition) is 5. The Labute approximate surface area is 164 Å². The maximum atomic E-state index is 12.5. The molecule has 1 heterocycles. The largest absolute Gasteiger partial charge is 0.493 e. The molecule has 0 spiro atoms. The normalized spacial score (nSPS) is 14.4. The van der Waals surface area contributed by atoms with Gasteiger partial charge in [-0.15, -0.1) is 0 Å².